The summed E-state index contributed by atoms with van der Waals surface area (Å²) >= 11 is 1.50. The molecule has 0 fully saturated rings. The number of carbonyl (C=O) groups is 2. The van der Waals surface area contributed by atoms with Crippen LogP contribution in [0.4, 0.5) is 5.00 Å². The molecule has 3 rings (SSSR count). The molecule has 0 aliphatic carbocycles. The predicted molar refractivity (Wildman–Crippen MR) is 99.7 cm³/mol. The van der Waals surface area contributed by atoms with Gasteiger partial charge in [0, 0.05) is 17.9 Å². The SMILES string of the molecule is CC(C)C(=O)Nc1sc2c(c1C(N)=O)CC[NH+](Cc1ccccc1)C2. The first-order chi connectivity index (χ1) is 12.0. The van der Waals surface area contributed by atoms with Crippen molar-refractivity contribution in [3.05, 3.63) is 51.9 Å². The van der Waals surface area contributed by atoms with Crippen LogP contribution in [0.5, 0.6) is 0 Å². The van der Waals surface area contributed by atoms with Gasteiger partial charge in [0.25, 0.3) is 5.91 Å². The lowest BCUT2D eigenvalue weighted by molar-refractivity contribution is -0.929. The van der Waals surface area contributed by atoms with Crippen molar-refractivity contribution in [1.82, 2.24) is 0 Å². The number of anilines is 1. The second kappa shape index (κ2) is 7.37. The number of nitrogens with one attached hydrogen (secondary N) is 2. The van der Waals surface area contributed by atoms with E-state index in [4.69, 9.17) is 5.73 Å². The highest BCUT2D eigenvalue weighted by atomic mass is 32.1. The predicted octanol–water partition coefficient (Wildman–Crippen LogP) is 1.58. The van der Waals surface area contributed by atoms with Gasteiger partial charge in [-0.15, -0.1) is 11.3 Å². The Morgan fingerprint density at radius 2 is 2.00 bits per heavy atom. The number of nitrogens with two attached hydrogens (primary N) is 1. The van der Waals surface area contributed by atoms with Gasteiger partial charge in [-0.3, -0.25) is 9.59 Å². The third kappa shape index (κ3) is 3.91. The highest BCUT2D eigenvalue weighted by molar-refractivity contribution is 7.17. The van der Waals surface area contributed by atoms with Gasteiger partial charge < -0.3 is 16.0 Å². The molecule has 1 aromatic carbocycles. The topological polar surface area (TPSA) is 76.6 Å². The number of hydrogen-bond donors (Lipinski definition) is 3. The first kappa shape index (κ1) is 17.6. The van der Waals surface area contributed by atoms with Gasteiger partial charge in [-0.05, 0) is 5.56 Å². The zero-order valence-electron chi connectivity index (χ0n) is 14.6. The highest BCUT2D eigenvalue weighted by Crippen LogP contribution is 2.34. The smallest absolute Gasteiger partial charge is 0.252 e. The van der Waals surface area contributed by atoms with Crippen molar-refractivity contribution >= 4 is 28.2 Å². The number of rotatable bonds is 5. The molecule has 4 N–H and O–H groups in total. The van der Waals surface area contributed by atoms with Gasteiger partial charge in [-0.25, -0.2) is 0 Å². The Bertz CT molecular complexity index is 783. The summed E-state index contributed by atoms with van der Waals surface area (Å²) in [7, 11) is 0. The second-order valence-electron chi connectivity index (χ2n) is 6.81. The summed E-state index contributed by atoms with van der Waals surface area (Å²) < 4.78 is 0. The molecular weight excluding hydrogens is 334 g/mol. The maximum Gasteiger partial charge on any atom is 0.252 e. The first-order valence-corrected chi connectivity index (χ1v) is 9.40. The molecule has 1 aliphatic heterocycles. The van der Waals surface area contributed by atoms with Crippen molar-refractivity contribution in [2.45, 2.75) is 33.4 Å². The van der Waals surface area contributed by atoms with E-state index in [0.29, 0.717) is 10.6 Å². The Morgan fingerprint density at radius 1 is 1.28 bits per heavy atom. The molecule has 1 aromatic heterocycles. The molecule has 0 saturated carbocycles. The monoisotopic (exact) mass is 358 g/mol. The van der Waals surface area contributed by atoms with E-state index in [2.05, 4.69) is 29.6 Å². The Morgan fingerprint density at radius 3 is 2.64 bits per heavy atom. The van der Waals surface area contributed by atoms with Crippen LogP contribution in [-0.4, -0.2) is 18.4 Å². The molecule has 2 amide bonds. The third-order valence-corrected chi connectivity index (χ3v) is 5.68. The fourth-order valence-corrected chi connectivity index (χ4v) is 4.50. The Kier molecular flexibility index (Phi) is 5.20. The number of amides is 2. The van der Waals surface area contributed by atoms with Crippen LogP contribution in [-0.2, 0) is 24.3 Å². The van der Waals surface area contributed by atoms with Crippen LogP contribution in [0, 0.1) is 5.92 Å². The maximum absolute atomic E-state index is 12.0. The molecule has 0 radical (unpaired) electrons. The quantitative estimate of drug-likeness (QED) is 0.759. The summed E-state index contributed by atoms with van der Waals surface area (Å²) in [5.74, 6) is -0.683. The summed E-state index contributed by atoms with van der Waals surface area (Å²) in [5.41, 5.74) is 8.44. The van der Waals surface area contributed by atoms with Crippen molar-refractivity contribution in [2.75, 3.05) is 11.9 Å². The van der Waals surface area contributed by atoms with Gasteiger partial charge in [0.05, 0.1) is 17.0 Å². The molecule has 6 heteroatoms. The number of primary amides is 1. The fraction of sp³-hybridized carbons (Fsp3) is 0.368. The number of quaternary nitrogens is 1. The van der Waals surface area contributed by atoms with Crippen LogP contribution in [0.25, 0.3) is 0 Å². The minimum atomic E-state index is -0.455. The van der Waals surface area contributed by atoms with Gasteiger partial charge in [0.2, 0.25) is 5.91 Å². The van der Waals surface area contributed by atoms with E-state index in [1.165, 1.54) is 21.8 Å². The molecule has 0 saturated heterocycles. The van der Waals surface area contributed by atoms with Gasteiger partial charge in [0.1, 0.15) is 18.1 Å². The molecule has 5 nitrogen and oxygen atoms in total. The van der Waals surface area contributed by atoms with Crippen molar-refractivity contribution in [2.24, 2.45) is 11.7 Å². The van der Waals surface area contributed by atoms with Crippen LogP contribution in [0.3, 0.4) is 0 Å². The normalized spacial score (nSPS) is 16.5. The summed E-state index contributed by atoms with van der Waals surface area (Å²) in [5, 5.41) is 3.49. The molecule has 2 aromatic rings. The standard InChI is InChI=1S/C19H23N3O2S/c1-12(2)18(24)21-19-16(17(20)23)14-8-9-22(11-15(14)25-19)10-13-6-4-3-5-7-13/h3-7,12H,8-11H2,1-2H3,(H2,20,23)(H,21,24)/p+1. The van der Waals surface area contributed by atoms with Crippen LogP contribution in [0.1, 0.15) is 40.2 Å². The number of thiophene rings is 1. The van der Waals surface area contributed by atoms with Crippen molar-refractivity contribution in [3.63, 3.8) is 0 Å². The second-order valence-corrected chi connectivity index (χ2v) is 7.91. The summed E-state index contributed by atoms with van der Waals surface area (Å²) in [4.78, 5) is 26.6. The van der Waals surface area contributed by atoms with Gasteiger partial charge in [-0.1, -0.05) is 44.2 Å². The lowest BCUT2D eigenvalue weighted by Crippen LogP contribution is -3.10. The third-order valence-electron chi connectivity index (χ3n) is 4.53. The van der Waals surface area contributed by atoms with Crippen LogP contribution in [0.2, 0.25) is 0 Å². The zero-order chi connectivity index (χ0) is 18.0. The lowest BCUT2D eigenvalue weighted by Gasteiger charge is -2.24. The Labute approximate surface area is 151 Å². The van der Waals surface area contributed by atoms with Gasteiger partial charge in [0.15, 0.2) is 0 Å². The molecular formula is C19H24N3O2S+. The number of carbonyl (C=O) groups excluding carboxylic acids is 2. The van der Waals surface area contributed by atoms with E-state index in [9.17, 15) is 9.59 Å². The van der Waals surface area contributed by atoms with E-state index in [1.54, 1.807) is 0 Å². The maximum atomic E-state index is 12.0. The molecule has 132 valence electrons. The summed E-state index contributed by atoms with van der Waals surface area (Å²) in [6, 6.07) is 10.4. The minimum Gasteiger partial charge on any atom is -0.365 e. The average molecular weight is 358 g/mol. The van der Waals surface area contributed by atoms with Crippen molar-refractivity contribution < 1.29 is 14.5 Å². The largest absolute Gasteiger partial charge is 0.365 e. The minimum absolute atomic E-state index is 0.0883. The van der Waals surface area contributed by atoms with E-state index in [-0.39, 0.29) is 11.8 Å². The fourth-order valence-electron chi connectivity index (χ4n) is 3.18. The van der Waals surface area contributed by atoms with Crippen LogP contribution >= 0.6 is 11.3 Å². The molecule has 1 atom stereocenters. The Hall–Kier alpha value is -2.18. The number of benzene rings is 1. The lowest BCUT2D eigenvalue weighted by atomic mass is 10.0. The first-order valence-electron chi connectivity index (χ1n) is 8.58. The van der Waals surface area contributed by atoms with Crippen molar-refractivity contribution in [3.8, 4) is 0 Å². The molecule has 0 bridgehead atoms. The summed E-state index contributed by atoms with van der Waals surface area (Å²) in [6.45, 7) is 6.43. The molecule has 2 heterocycles. The number of fused-ring (bicyclic) bond motifs is 1. The van der Waals surface area contributed by atoms with Crippen LogP contribution < -0.4 is 16.0 Å². The highest BCUT2D eigenvalue weighted by Gasteiger charge is 2.29. The molecule has 0 spiro atoms. The number of hydrogen-bond acceptors (Lipinski definition) is 3. The van der Waals surface area contributed by atoms with Gasteiger partial charge >= 0.3 is 0 Å². The average Bonchev–Trinajstić information content (AvgIpc) is 2.92. The molecule has 1 unspecified atom stereocenters. The van der Waals surface area contributed by atoms with Crippen molar-refractivity contribution in [1.29, 1.82) is 0 Å². The Balaban J connectivity index is 1.82. The van der Waals surface area contributed by atoms with E-state index in [1.807, 2.05) is 19.9 Å². The molecule has 25 heavy (non-hydrogen) atoms. The van der Waals surface area contributed by atoms with E-state index < -0.39 is 5.91 Å². The summed E-state index contributed by atoms with van der Waals surface area (Å²) in [6.07, 6.45) is 0.809. The van der Waals surface area contributed by atoms with Gasteiger partial charge in [-0.2, -0.15) is 0 Å². The van der Waals surface area contributed by atoms with Crippen LogP contribution in [0.15, 0.2) is 30.3 Å². The molecule has 1 aliphatic rings. The van der Waals surface area contributed by atoms with E-state index >= 15 is 0 Å². The zero-order valence-corrected chi connectivity index (χ0v) is 15.4. The van der Waals surface area contributed by atoms with E-state index in [0.717, 1.165) is 36.5 Å².